The maximum absolute atomic E-state index is 12.3. The highest BCUT2D eigenvalue weighted by Crippen LogP contribution is 2.36. The van der Waals surface area contributed by atoms with E-state index in [1.54, 1.807) is 75.9 Å². The maximum Gasteiger partial charge on any atom is 0.346 e. The summed E-state index contributed by atoms with van der Waals surface area (Å²) >= 11 is 6.33. The third-order valence-electron chi connectivity index (χ3n) is 14.6. The first-order chi connectivity index (χ1) is 47.3. The van der Waals surface area contributed by atoms with Crippen LogP contribution < -0.4 is 65.3 Å². The van der Waals surface area contributed by atoms with Gasteiger partial charge >= 0.3 is 11.9 Å². The number of aliphatic imine (C=N–C) groups is 1. The van der Waals surface area contributed by atoms with E-state index in [4.69, 9.17) is 59.4 Å². The lowest BCUT2D eigenvalue weighted by Crippen LogP contribution is -2.38. The fourth-order valence-corrected chi connectivity index (χ4v) is 10.4. The van der Waals surface area contributed by atoms with Crippen molar-refractivity contribution in [2.75, 3.05) is 39.1 Å². The van der Waals surface area contributed by atoms with Crippen molar-refractivity contribution in [1.82, 2.24) is 16.8 Å². The number of ether oxygens (including phenoxy) is 9. The summed E-state index contributed by atoms with van der Waals surface area (Å²) in [5, 5.41) is 20.6. The molecule has 0 saturated carbocycles. The van der Waals surface area contributed by atoms with Crippen LogP contribution in [-0.2, 0) is 27.2 Å². The number of cyclic esters (lactones) is 2. The zero-order chi connectivity index (χ0) is 71.9. The lowest BCUT2D eigenvalue weighted by Gasteiger charge is -2.28. The minimum Gasteiger partial charge on any atom is -0.497 e. The average Bonchev–Trinajstić information content (AvgIpc) is 0.816. The summed E-state index contributed by atoms with van der Waals surface area (Å²) in [6.07, 6.45) is 1.79. The molecule has 0 aromatic heterocycles. The summed E-state index contributed by atoms with van der Waals surface area (Å²) in [6, 6.07) is 52.1. The van der Waals surface area contributed by atoms with Gasteiger partial charge in [-0.15, -0.1) is 0 Å². The number of carbonyl (C=O) groups excluding carboxylic acids is 5. The molecule has 4 aliphatic heterocycles. The Balaban J connectivity index is 0.000000197. The number of benzene rings is 8. The van der Waals surface area contributed by atoms with Crippen molar-refractivity contribution >= 4 is 64.2 Å². The smallest absolute Gasteiger partial charge is 0.346 e. The fraction of sp³-hybridized carbons (Fsp3) is 0.286. The van der Waals surface area contributed by atoms with Crippen molar-refractivity contribution in [1.29, 1.82) is 0 Å². The van der Waals surface area contributed by atoms with Gasteiger partial charge in [-0.1, -0.05) is 48.0 Å². The summed E-state index contributed by atoms with van der Waals surface area (Å²) < 4.78 is 47.6. The van der Waals surface area contributed by atoms with E-state index in [0.29, 0.717) is 38.9 Å². The molecule has 3 atom stereocenters. The van der Waals surface area contributed by atoms with Crippen LogP contribution >= 0.6 is 11.6 Å². The van der Waals surface area contributed by atoms with Crippen LogP contribution in [0, 0.1) is 0 Å². The third kappa shape index (κ3) is 23.0. The number of carboxylic acid groups (broad SMARTS) is 1. The first kappa shape index (κ1) is 77.9. The van der Waals surface area contributed by atoms with E-state index < -0.39 is 17.9 Å². The second-order valence-corrected chi connectivity index (χ2v) is 24.0. The van der Waals surface area contributed by atoms with Gasteiger partial charge in [0.2, 0.25) is 0 Å². The number of nitrogens with zero attached hydrogens (tertiary/aromatic N) is 1. The number of hydrogen-bond donors (Lipinski definition) is 6. The number of aliphatic carboxylic acids is 1. The molecule has 3 unspecified atom stereocenters. The van der Waals surface area contributed by atoms with Crippen molar-refractivity contribution in [3.8, 4) is 46.0 Å². The molecule has 8 aromatic rings. The van der Waals surface area contributed by atoms with Crippen molar-refractivity contribution in [2.24, 2.45) is 4.99 Å². The van der Waals surface area contributed by atoms with Gasteiger partial charge in [-0.25, -0.2) is 9.79 Å². The number of carbonyl (C=O) groups is 6. The normalized spacial score (nSPS) is 14.9. The number of halogens is 1. The summed E-state index contributed by atoms with van der Waals surface area (Å²) in [6.45, 7) is 17.0. The SMILES string of the molecule is CC(=O)O.CC(C)Oc1ccc(C=O)cc1.COc1ccc2c(c1)CC(=O)OC2=O.COc1ccc2c(c1)CC(c1ccc(OC(C)C)cc1)NC2=O.COc1ccc2c(c1)NC(c1ccc(OC(C)C)cc1)N=C2Cl.COc1ccc2c(c1)NC(c1ccc(OC(C)C)cc1)NC2=O.N. The number of esters is 2. The molecule has 0 spiro atoms. The molecule has 100 heavy (non-hydrogen) atoms. The number of anilines is 2. The van der Waals surface area contributed by atoms with E-state index >= 15 is 0 Å². The summed E-state index contributed by atoms with van der Waals surface area (Å²) in [5.41, 5.74) is 9.73. The Morgan fingerprint density at radius 2 is 0.870 bits per heavy atom. The number of carboxylic acids is 1. The van der Waals surface area contributed by atoms with Crippen LogP contribution in [0.1, 0.15) is 155 Å². The first-order valence-corrected chi connectivity index (χ1v) is 32.3. The van der Waals surface area contributed by atoms with Crippen LogP contribution in [0.4, 0.5) is 11.4 Å². The molecule has 8 N–H and O–H groups in total. The van der Waals surface area contributed by atoms with Crippen molar-refractivity contribution in [3.05, 3.63) is 225 Å². The van der Waals surface area contributed by atoms with Gasteiger partial charge in [-0.3, -0.25) is 24.0 Å². The van der Waals surface area contributed by atoms with Crippen LogP contribution in [0.5, 0.6) is 46.0 Å². The lowest BCUT2D eigenvalue weighted by atomic mass is 9.91. The Hall–Kier alpha value is -11.1. The van der Waals surface area contributed by atoms with Crippen molar-refractivity contribution < 1.29 is 76.5 Å². The quantitative estimate of drug-likeness (QED) is 0.0297. The summed E-state index contributed by atoms with van der Waals surface area (Å²) in [5.74, 6) is 4.12. The number of fused-ring (bicyclic) bond motifs is 4. The molecule has 0 bridgehead atoms. The van der Waals surface area contributed by atoms with E-state index in [1.807, 2.05) is 171 Å². The second-order valence-electron chi connectivity index (χ2n) is 23.6. The fourth-order valence-electron chi connectivity index (χ4n) is 10.2. The molecule has 8 aromatic carbocycles. The zero-order valence-electron chi connectivity index (χ0n) is 58.3. The molecule has 0 saturated heterocycles. The average molecular weight is 1390 g/mol. The van der Waals surface area contributed by atoms with Gasteiger partial charge in [0.05, 0.1) is 87.8 Å². The molecule has 4 heterocycles. The molecule has 0 aliphatic carbocycles. The maximum atomic E-state index is 12.3. The Morgan fingerprint density at radius 1 is 0.490 bits per heavy atom. The lowest BCUT2D eigenvalue weighted by molar-refractivity contribution is -0.138. The van der Waals surface area contributed by atoms with Crippen LogP contribution in [0.2, 0.25) is 0 Å². The second kappa shape index (κ2) is 37.6. The Bertz CT molecular complexity index is 3950. The van der Waals surface area contributed by atoms with Crippen LogP contribution in [-0.4, -0.2) is 99.1 Å². The predicted molar refractivity (Wildman–Crippen MR) is 385 cm³/mol. The first-order valence-electron chi connectivity index (χ1n) is 31.9. The number of nitrogens with one attached hydrogen (secondary N) is 4. The molecule has 0 fully saturated rings. The molecule has 528 valence electrons. The molecule has 12 rings (SSSR count). The van der Waals surface area contributed by atoms with Gasteiger partial charge < -0.3 is 75.2 Å². The number of methoxy groups -OCH3 is 4. The van der Waals surface area contributed by atoms with Crippen molar-refractivity contribution in [2.45, 2.75) is 118 Å². The van der Waals surface area contributed by atoms with Gasteiger partial charge in [0.1, 0.15) is 69.8 Å². The zero-order valence-corrected chi connectivity index (χ0v) is 59.1. The Labute approximate surface area is 588 Å². The van der Waals surface area contributed by atoms with Crippen LogP contribution in [0.3, 0.4) is 0 Å². The van der Waals surface area contributed by atoms with Gasteiger partial charge in [-0.05, 0) is 211 Å². The minimum atomic E-state index is -0.833. The van der Waals surface area contributed by atoms with E-state index in [1.165, 1.54) is 7.11 Å². The number of hydrogen-bond acceptors (Lipinski definition) is 19. The highest BCUT2D eigenvalue weighted by molar-refractivity contribution is 6.70. The summed E-state index contributed by atoms with van der Waals surface area (Å²) in [4.78, 5) is 70.6. The predicted octanol–water partition coefficient (Wildman–Crippen LogP) is 14.9. The Morgan fingerprint density at radius 3 is 1.33 bits per heavy atom. The van der Waals surface area contributed by atoms with E-state index in [9.17, 15) is 24.0 Å². The molecule has 22 nitrogen and oxygen atoms in total. The highest BCUT2D eigenvalue weighted by atomic mass is 35.5. The molecule has 2 amide bonds. The molecule has 23 heteroatoms. The number of rotatable bonds is 16. The monoisotopic (exact) mass is 1390 g/mol. The summed E-state index contributed by atoms with van der Waals surface area (Å²) in [7, 11) is 6.42. The minimum absolute atomic E-state index is 0. The van der Waals surface area contributed by atoms with Crippen LogP contribution in [0.25, 0.3) is 0 Å². The van der Waals surface area contributed by atoms with Gasteiger partial charge in [-0.2, -0.15) is 0 Å². The van der Waals surface area contributed by atoms with Gasteiger partial charge in [0.15, 0.2) is 0 Å². The molecule has 4 aliphatic rings. The number of amides is 2. The van der Waals surface area contributed by atoms with Gasteiger partial charge in [0.25, 0.3) is 17.8 Å². The van der Waals surface area contributed by atoms with E-state index in [0.717, 1.165) is 98.9 Å². The number of aldehydes is 1. The van der Waals surface area contributed by atoms with E-state index in [-0.39, 0.29) is 67.2 Å². The largest absolute Gasteiger partial charge is 0.497 e. The van der Waals surface area contributed by atoms with Crippen LogP contribution in [0.15, 0.2) is 175 Å². The molecular formula is C77H87ClN6O16. The highest BCUT2D eigenvalue weighted by Gasteiger charge is 2.28. The van der Waals surface area contributed by atoms with E-state index in [2.05, 4.69) is 31.0 Å². The van der Waals surface area contributed by atoms with Crippen molar-refractivity contribution in [3.63, 3.8) is 0 Å². The molecular weight excluding hydrogens is 1300 g/mol. The van der Waals surface area contributed by atoms with Gasteiger partial charge in [0, 0.05) is 35.7 Å². The topological polar surface area (TPSA) is 301 Å². The standard InChI is InChI=1S/C19H21NO3.C18H19ClN2O2.C18H20N2O3.C10H8O4.C10H12O2.C2H4O2.H3N/c1-12(2)23-15-6-4-13(5-7-15)18-11-14-10-16(22-3)8-9-17(14)19(21)20-18;1-11(2)23-13-6-4-12(5-7-13)18-20-16-10-14(22-3)8-9-15(16)17(19)21-18;1-11(2)23-13-6-4-12(5-7-13)17-19-16-10-14(22-3)8-9-15(16)18(21)20-17;1-13-7-2-3-8-6(4-7)5-9(11)14-10(8)12;1-8(2)12-10-5-3-9(7-11)4-6-10;1-2(3)4;/h4-10,12,18H,11H2,1-3H3,(H,20,21);4-11,18,20H,1-3H3;4-11,17,19H,1-3H3,(H,20,21);2-4H,5H2,1H3;3-8H,1-2H3;1H3,(H,3,4);1H3. The Kier molecular flexibility index (Phi) is 29.3. The molecule has 0 radical (unpaired) electrons. The third-order valence-corrected chi connectivity index (χ3v) is 14.9.